The van der Waals surface area contributed by atoms with Crippen molar-refractivity contribution in [1.82, 2.24) is 10.2 Å². The fourth-order valence-corrected chi connectivity index (χ4v) is 7.20. The van der Waals surface area contributed by atoms with Gasteiger partial charge in [0.1, 0.15) is 29.7 Å². The van der Waals surface area contributed by atoms with E-state index in [0.29, 0.717) is 43.6 Å². The number of aliphatic hydroxyl groups is 3. The number of rotatable bonds is 14. The number of carbonyl (C=O) groups is 2. The monoisotopic (exact) mass is 652 g/mol. The van der Waals surface area contributed by atoms with Gasteiger partial charge in [0.25, 0.3) is 0 Å². The first-order chi connectivity index (χ1) is 22.4. The number of Topliss-reactive ketones (excluding diaryl/α,β-unsaturated/α-hetero) is 1. The highest BCUT2D eigenvalue weighted by molar-refractivity contribution is 5.93. The first-order valence-corrected chi connectivity index (χ1v) is 17.1. The lowest BCUT2D eigenvalue weighted by atomic mass is 9.77. The molecule has 3 aliphatic rings. The molecular formula is C37H52N2O8. The lowest BCUT2D eigenvalue weighted by Crippen LogP contribution is -2.63. The van der Waals surface area contributed by atoms with Crippen molar-refractivity contribution >= 4 is 11.7 Å². The van der Waals surface area contributed by atoms with E-state index in [1.54, 1.807) is 6.92 Å². The van der Waals surface area contributed by atoms with Crippen LogP contribution in [0.2, 0.25) is 0 Å². The Morgan fingerprint density at radius 1 is 0.979 bits per heavy atom. The summed E-state index contributed by atoms with van der Waals surface area (Å²) in [4.78, 5) is 28.2. The van der Waals surface area contributed by atoms with E-state index in [1.807, 2.05) is 63.5 Å². The van der Waals surface area contributed by atoms with Crippen LogP contribution in [0.25, 0.3) is 0 Å². The first-order valence-electron chi connectivity index (χ1n) is 17.1. The number of aryl methyl sites for hydroxylation is 1. The van der Waals surface area contributed by atoms with E-state index < -0.39 is 35.2 Å². The van der Waals surface area contributed by atoms with Gasteiger partial charge in [-0.3, -0.25) is 9.59 Å². The van der Waals surface area contributed by atoms with E-state index in [1.165, 1.54) is 0 Å². The first kappa shape index (κ1) is 35.4. The average molecular weight is 653 g/mol. The molecule has 1 aliphatic carbocycles. The van der Waals surface area contributed by atoms with Crippen LogP contribution in [0.4, 0.5) is 0 Å². The van der Waals surface area contributed by atoms with Gasteiger partial charge in [-0.05, 0) is 101 Å². The van der Waals surface area contributed by atoms with Crippen LogP contribution in [0.15, 0.2) is 42.5 Å². The van der Waals surface area contributed by atoms with Gasteiger partial charge in [-0.25, -0.2) is 0 Å². The van der Waals surface area contributed by atoms with Crippen LogP contribution in [-0.4, -0.2) is 95.2 Å². The second-order valence-corrected chi connectivity index (χ2v) is 14.2. The highest BCUT2D eigenvalue weighted by atomic mass is 16.8. The molecule has 1 saturated carbocycles. The topological polar surface area (TPSA) is 138 Å². The molecule has 2 aliphatic heterocycles. The molecule has 2 aromatic carbocycles. The molecule has 5 rings (SSSR count). The summed E-state index contributed by atoms with van der Waals surface area (Å²) in [5.74, 6) is -0.765. The Hall–Kier alpha value is -2.86. The minimum atomic E-state index is -1.55. The zero-order valence-corrected chi connectivity index (χ0v) is 28.3. The predicted molar refractivity (Wildman–Crippen MR) is 177 cm³/mol. The maximum atomic E-state index is 13.2. The molecule has 2 bridgehead atoms. The molecule has 4 N–H and O–H groups in total. The standard InChI is InChI=1S/C37H52N2O8/c1-25-12-15-28(37-34(44)32(42)33(43)35(2,47-37)24-46-37)23-27(25)22-26-13-16-29(17-14-26)45-21-9-11-31(41)38-36(18-6-5-7-19-36)30(40)10-8-20-39(3)4/h12-17,23,32-34,42-44H,5-11,18-22,24H2,1-4H3,(H,38,41)/t32-,33-,34+,35-,37-/m0/s1. The van der Waals surface area contributed by atoms with E-state index in [4.69, 9.17) is 14.2 Å². The second-order valence-electron chi connectivity index (χ2n) is 14.2. The number of aliphatic hydroxyl groups excluding tert-OH is 3. The third-order valence-electron chi connectivity index (χ3n) is 10.1. The van der Waals surface area contributed by atoms with Gasteiger partial charge in [-0.1, -0.05) is 43.5 Å². The molecule has 10 nitrogen and oxygen atoms in total. The summed E-state index contributed by atoms with van der Waals surface area (Å²) in [6, 6.07) is 13.5. The van der Waals surface area contributed by atoms with Crippen LogP contribution < -0.4 is 10.1 Å². The second kappa shape index (κ2) is 14.7. The van der Waals surface area contributed by atoms with Gasteiger partial charge in [0.2, 0.25) is 11.7 Å². The molecule has 2 aromatic rings. The maximum absolute atomic E-state index is 13.2. The third kappa shape index (κ3) is 7.74. The van der Waals surface area contributed by atoms with E-state index in [2.05, 4.69) is 10.2 Å². The number of ether oxygens (including phenoxy) is 3. The minimum Gasteiger partial charge on any atom is -0.494 e. The summed E-state index contributed by atoms with van der Waals surface area (Å²) < 4.78 is 18.0. The summed E-state index contributed by atoms with van der Waals surface area (Å²) in [5, 5.41) is 35.0. The van der Waals surface area contributed by atoms with Crippen molar-refractivity contribution < 1.29 is 39.1 Å². The van der Waals surface area contributed by atoms with Crippen LogP contribution in [0.1, 0.15) is 87.0 Å². The van der Waals surface area contributed by atoms with E-state index in [-0.39, 0.29) is 18.3 Å². The van der Waals surface area contributed by atoms with Crippen molar-refractivity contribution in [3.8, 4) is 5.75 Å². The van der Waals surface area contributed by atoms with Crippen molar-refractivity contribution in [3.05, 3.63) is 64.7 Å². The number of hydrogen-bond acceptors (Lipinski definition) is 9. The lowest BCUT2D eigenvalue weighted by Gasteiger charge is -2.45. The van der Waals surface area contributed by atoms with Crippen molar-refractivity contribution in [2.45, 2.75) is 113 Å². The van der Waals surface area contributed by atoms with Crippen molar-refractivity contribution in [2.75, 3.05) is 33.9 Å². The van der Waals surface area contributed by atoms with E-state index in [9.17, 15) is 24.9 Å². The molecule has 0 unspecified atom stereocenters. The number of ketones is 1. The van der Waals surface area contributed by atoms with Gasteiger partial charge in [0.15, 0.2) is 5.78 Å². The summed E-state index contributed by atoms with van der Waals surface area (Å²) in [5.41, 5.74) is 1.88. The summed E-state index contributed by atoms with van der Waals surface area (Å²) in [6.07, 6.45) is 3.13. The fourth-order valence-electron chi connectivity index (χ4n) is 7.20. The highest BCUT2D eigenvalue weighted by Gasteiger charge is 2.65. The Labute approximate surface area is 278 Å². The maximum Gasteiger partial charge on any atom is 0.225 e. The van der Waals surface area contributed by atoms with Gasteiger partial charge in [0.05, 0.1) is 18.8 Å². The average Bonchev–Trinajstić information content (AvgIpc) is 3.40. The zero-order chi connectivity index (χ0) is 33.8. The summed E-state index contributed by atoms with van der Waals surface area (Å²) >= 11 is 0. The van der Waals surface area contributed by atoms with Gasteiger partial charge in [-0.2, -0.15) is 0 Å². The molecule has 1 amide bonds. The third-order valence-corrected chi connectivity index (χ3v) is 10.1. The lowest BCUT2D eigenvalue weighted by molar-refractivity contribution is -0.322. The van der Waals surface area contributed by atoms with E-state index in [0.717, 1.165) is 61.8 Å². The van der Waals surface area contributed by atoms with Crippen LogP contribution in [0.3, 0.4) is 0 Å². The number of nitrogens with one attached hydrogen (secondary N) is 1. The predicted octanol–water partition coefficient (Wildman–Crippen LogP) is 3.53. The molecule has 0 aromatic heterocycles. The van der Waals surface area contributed by atoms with Crippen molar-refractivity contribution in [2.24, 2.45) is 0 Å². The molecule has 2 saturated heterocycles. The van der Waals surface area contributed by atoms with Crippen LogP contribution in [0.5, 0.6) is 5.75 Å². The normalized spacial score (nSPS) is 28.3. The summed E-state index contributed by atoms with van der Waals surface area (Å²) in [7, 11) is 4.00. The SMILES string of the molecule is Cc1ccc([C@]23OC[C@](C)(O2)[C@@H](O)[C@H](O)[C@H]3O)cc1Cc1ccc(OCCCC(=O)NC2(C(=O)CCCN(C)C)CCCCC2)cc1. The number of amides is 1. The molecule has 0 radical (unpaired) electrons. The van der Waals surface area contributed by atoms with E-state index >= 15 is 0 Å². The Bertz CT molecular complexity index is 1390. The number of hydrogen-bond donors (Lipinski definition) is 4. The number of benzene rings is 2. The van der Waals surface area contributed by atoms with Gasteiger partial charge >= 0.3 is 0 Å². The number of nitrogens with zero attached hydrogens (tertiary/aromatic N) is 1. The van der Waals surface area contributed by atoms with Crippen LogP contribution in [0, 0.1) is 6.92 Å². The molecule has 258 valence electrons. The fraction of sp³-hybridized carbons (Fsp3) is 0.622. The number of fused-ring (bicyclic) bond motifs is 2. The van der Waals surface area contributed by atoms with Gasteiger partial charge < -0.3 is 39.7 Å². The largest absolute Gasteiger partial charge is 0.494 e. The Balaban J connectivity index is 1.12. The molecule has 47 heavy (non-hydrogen) atoms. The van der Waals surface area contributed by atoms with Crippen molar-refractivity contribution in [3.63, 3.8) is 0 Å². The Morgan fingerprint density at radius 2 is 1.70 bits per heavy atom. The van der Waals surface area contributed by atoms with Crippen LogP contribution in [-0.2, 0) is 31.3 Å². The van der Waals surface area contributed by atoms with Crippen LogP contribution >= 0.6 is 0 Å². The molecule has 2 heterocycles. The molecular weight excluding hydrogens is 600 g/mol. The van der Waals surface area contributed by atoms with Gasteiger partial charge in [-0.15, -0.1) is 0 Å². The quantitative estimate of drug-likeness (QED) is 0.226. The molecule has 5 atom stereocenters. The summed E-state index contributed by atoms with van der Waals surface area (Å²) in [6.45, 7) is 4.98. The molecule has 3 fully saturated rings. The molecule has 10 heteroatoms. The molecule has 0 spiro atoms. The van der Waals surface area contributed by atoms with Crippen molar-refractivity contribution in [1.29, 1.82) is 0 Å². The zero-order valence-electron chi connectivity index (χ0n) is 28.3. The van der Waals surface area contributed by atoms with Gasteiger partial charge in [0, 0.05) is 18.4 Å². The smallest absolute Gasteiger partial charge is 0.225 e. The number of carbonyl (C=O) groups excluding carboxylic acids is 2. The Morgan fingerprint density at radius 3 is 2.40 bits per heavy atom. The highest BCUT2D eigenvalue weighted by Crippen LogP contribution is 2.49. The minimum absolute atomic E-state index is 0.0510. The Kier molecular flexibility index (Phi) is 11.1.